The van der Waals surface area contributed by atoms with Gasteiger partial charge in [-0.3, -0.25) is 4.68 Å². The van der Waals surface area contributed by atoms with Crippen LogP contribution >= 0.6 is 11.3 Å². The Balaban J connectivity index is 2.27. The molecular formula is C17H27N3S. The molecule has 2 aromatic rings. The first-order valence-corrected chi connectivity index (χ1v) is 8.98. The van der Waals surface area contributed by atoms with Crippen LogP contribution in [0.15, 0.2) is 17.0 Å². The fraction of sp³-hybridized carbons (Fsp3) is 0.647. The summed E-state index contributed by atoms with van der Waals surface area (Å²) < 4.78 is 2.07. The number of hydrogen-bond acceptors (Lipinski definition) is 3. The van der Waals surface area contributed by atoms with Crippen LogP contribution in [-0.4, -0.2) is 14.8 Å². The molecule has 0 saturated heterocycles. The Hall–Kier alpha value is -1.16. The Morgan fingerprint density at radius 2 is 1.95 bits per heavy atom. The molecule has 0 aliphatic rings. The van der Waals surface area contributed by atoms with E-state index in [0.717, 1.165) is 11.4 Å². The lowest BCUT2D eigenvalue weighted by Crippen LogP contribution is -2.25. The molecule has 0 saturated carbocycles. The third kappa shape index (κ3) is 3.73. The molecule has 4 heteroatoms. The molecule has 3 nitrogen and oxygen atoms in total. The second-order valence-corrected chi connectivity index (χ2v) is 6.90. The van der Waals surface area contributed by atoms with E-state index in [0.29, 0.717) is 0 Å². The number of nitrogens with zero attached hydrogens (tertiary/aromatic N) is 3. The standard InChI is InChI=1S/C17H27N3S/c1-5-7-8-10-17(3,9-6-2)16-11-14(19-20(16)4)15-12-21-13-18-15/h11-13H,5-10H2,1-4H3. The lowest BCUT2D eigenvalue weighted by atomic mass is 9.77. The lowest BCUT2D eigenvalue weighted by molar-refractivity contribution is 0.355. The lowest BCUT2D eigenvalue weighted by Gasteiger charge is -2.29. The van der Waals surface area contributed by atoms with Crippen LogP contribution in [0.4, 0.5) is 0 Å². The van der Waals surface area contributed by atoms with Gasteiger partial charge in [0, 0.05) is 23.5 Å². The SMILES string of the molecule is CCCCCC(C)(CCC)c1cc(-c2cscn2)nn1C. The molecule has 21 heavy (non-hydrogen) atoms. The van der Waals surface area contributed by atoms with Gasteiger partial charge in [0.1, 0.15) is 11.4 Å². The van der Waals surface area contributed by atoms with Gasteiger partial charge in [-0.15, -0.1) is 11.3 Å². The van der Waals surface area contributed by atoms with Crippen LogP contribution in [0.5, 0.6) is 0 Å². The summed E-state index contributed by atoms with van der Waals surface area (Å²) in [5.74, 6) is 0. The molecule has 0 amide bonds. The van der Waals surface area contributed by atoms with E-state index >= 15 is 0 Å². The molecule has 0 fully saturated rings. The molecule has 2 aromatic heterocycles. The smallest absolute Gasteiger partial charge is 0.112 e. The van der Waals surface area contributed by atoms with Crippen LogP contribution in [-0.2, 0) is 12.5 Å². The summed E-state index contributed by atoms with van der Waals surface area (Å²) in [4.78, 5) is 4.39. The largest absolute Gasteiger partial charge is 0.271 e. The third-order valence-corrected chi connectivity index (χ3v) is 4.91. The van der Waals surface area contributed by atoms with Crippen molar-refractivity contribution in [3.05, 3.63) is 22.7 Å². The Morgan fingerprint density at radius 1 is 1.14 bits per heavy atom. The van der Waals surface area contributed by atoms with Crippen molar-refractivity contribution >= 4 is 11.3 Å². The monoisotopic (exact) mass is 305 g/mol. The van der Waals surface area contributed by atoms with Gasteiger partial charge in [-0.05, 0) is 18.9 Å². The van der Waals surface area contributed by atoms with Gasteiger partial charge < -0.3 is 0 Å². The van der Waals surface area contributed by atoms with Crippen LogP contribution < -0.4 is 0 Å². The van der Waals surface area contributed by atoms with E-state index < -0.39 is 0 Å². The Bertz CT molecular complexity index is 544. The van der Waals surface area contributed by atoms with E-state index in [-0.39, 0.29) is 5.41 Å². The zero-order valence-corrected chi connectivity index (χ0v) is 14.5. The summed E-state index contributed by atoms with van der Waals surface area (Å²) >= 11 is 1.62. The molecule has 1 atom stereocenters. The van der Waals surface area contributed by atoms with Crippen LogP contribution in [0, 0.1) is 0 Å². The maximum Gasteiger partial charge on any atom is 0.112 e. The van der Waals surface area contributed by atoms with Crippen LogP contribution in [0.3, 0.4) is 0 Å². The van der Waals surface area contributed by atoms with E-state index in [1.54, 1.807) is 11.3 Å². The van der Waals surface area contributed by atoms with Crippen molar-refractivity contribution in [2.45, 2.75) is 64.7 Å². The number of rotatable bonds is 8. The number of hydrogen-bond donors (Lipinski definition) is 0. The van der Waals surface area contributed by atoms with Gasteiger partial charge in [-0.25, -0.2) is 4.98 Å². The molecular weight excluding hydrogens is 278 g/mol. The van der Waals surface area contributed by atoms with Crippen molar-refractivity contribution in [3.63, 3.8) is 0 Å². The average molecular weight is 305 g/mol. The summed E-state index contributed by atoms with van der Waals surface area (Å²) in [5.41, 5.74) is 5.44. The first kappa shape index (κ1) is 16.2. The second-order valence-electron chi connectivity index (χ2n) is 6.18. The van der Waals surface area contributed by atoms with Crippen LogP contribution in [0.25, 0.3) is 11.4 Å². The molecule has 116 valence electrons. The molecule has 0 N–H and O–H groups in total. The van der Waals surface area contributed by atoms with E-state index in [2.05, 4.69) is 48.9 Å². The molecule has 0 radical (unpaired) electrons. The number of thiazole rings is 1. The Morgan fingerprint density at radius 3 is 2.57 bits per heavy atom. The normalized spacial score (nSPS) is 14.3. The summed E-state index contributed by atoms with van der Waals surface area (Å²) in [6.07, 6.45) is 7.55. The maximum atomic E-state index is 4.69. The second kappa shape index (κ2) is 7.21. The quantitative estimate of drug-likeness (QED) is 0.629. The number of aromatic nitrogens is 3. The summed E-state index contributed by atoms with van der Waals surface area (Å²) in [6.45, 7) is 6.94. The minimum absolute atomic E-state index is 0.222. The maximum absolute atomic E-state index is 4.69. The molecule has 2 heterocycles. The molecule has 0 bridgehead atoms. The highest BCUT2D eigenvalue weighted by molar-refractivity contribution is 7.07. The molecule has 0 aliphatic heterocycles. The molecule has 0 aromatic carbocycles. The van der Waals surface area contributed by atoms with Crippen LogP contribution in [0.1, 0.15) is 65.0 Å². The highest BCUT2D eigenvalue weighted by atomic mass is 32.1. The average Bonchev–Trinajstić information content (AvgIpc) is 3.08. The summed E-state index contributed by atoms with van der Waals surface area (Å²) in [7, 11) is 2.07. The van der Waals surface area contributed by atoms with Gasteiger partial charge in [0.25, 0.3) is 0 Å². The topological polar surface area (TPSA) is 30.7 Å². The van der Waals surface area contributed by atoms with E-state index in [1.165, 1.54) is 44.2 Å². The number of aryl methyl sites for hydroxylation is 1. The van der Waals surface area contributed by atoms with E-state index in [9.17, 15) is 0 Å². The van der Waals surface area contributed by atoms with Gasteiger partial charge >= 0.3 is 0 Å². The van der Waals surface area contributed by atoms with Crippen molar-refractivity contribution in [3.8, 4) is 11.4 Å². The Kier molecular flexibility index (Phi) is 5.57. The van der Waals surface area contributed by atoms with E-state index in [1.807, 2.05) is 5.51 Å². The molecule has 0 aliphatic carbocycles. The van der Waals surface area contributed by atoms with Crippen molar-refractivity contribution < 1.29 is 0 Å². The third-order valence-electron chi connectivity index (χ3n) is 4.33. The predicted octanol–water partition coefficient (Wildman–Crippen LogP) is 5.18. The first-order valence-electron chi connectivity index (χ1n) is 8.03. The fourth-order valence-corrected chi connectivity index (χ4v) is 3.74. The highest BCUT2D eigenvalue weighted by Crippen LogP contribution is 2.36. The van der Waals surface area contributed by atoms with Gasteiger partial charge in [-0.1, -0.05) is 46.5 Å². The van der Waals surface area contributed by atoms with Gasteiger partial charge in [0.15, 0.2) is 0 Å². The van der Waals surface area contributed by atoms with Crippen LogP contribution in [0.2, 0.25) is 0 Å². The zero-order chi connectivity index (χ0) is 15.3. The zero-order valence-electron chi connectivity index (χ0n) is 13.7. The fourth-order valence-electron chi connectivity index (χ4n) is 3.19. The minimum atomic E-state index is 0.222. The molecule has 2 rings (SSSR count). The molecule has 1 unspecified atom stereocenters. The van der Waals surface area contributed by atoms with E-state index in [4.69, 9.17) is 5.10 Å². The highest BCUT2D eigenvalue weighted by Gasteiger charge is 2.29. The summed E-state index contributed by atoms with van der Waals surface area (Å²) in [6, 6.07) is 2.25. The van der Waals surface area contributed by atoms with Crippen molar-refractivity contribution in [2.75, 3.05) is 0 Å². The van der Waals surface area contributed by atoms with Gasteiger partial charge in [-0.2, -0.15) is 5.10 Å². The summed E-state index contributed by atoms with van der Waals surface area (Å²) in [5, 5.41) is 6.76. The number of unbranched alkanes of at least 4 members (excludes halogenated alkanes) is 2. The van der Waals surface area contributed by atoms with Gasteiger partial charge in [0.2, 0.25) is 0 Å². The molecule has 0 spiro atoms. The van der Waals surface area contributed by atoms with Crippen molar-refractivity contribution in [1.82, 2.24) is 14.8 Å². The van der Waals surface area contributed by atoms with Gasteiger partial charge in [0.05, 0.1) is 5.51 Å². The predicted molar refractivity (Wildman–Crippen MR) is 90.7 cm³/mol. The Labute approximate surface area is 132 Å². The van der Waals surface area contributed by atoms with Crippen molar-refractivity contribution in [1.29, 1.82) is 0 Å². The van der Waals surface area contributed by atoms with Crippen molar-refractivity contribution in [2.24, 2.45) is 7.05 Å². The minimum Gasteiger partial charge on any atom is -0.271 e. The first-order chi connectivity index (χ1) is 10.1.